The van der Waals surface area contributed by atoms with E-state index in [0.717, 1.165) is 38.8 Å². The van der Waals surface area contributed by atoms with E-state index in [4.69, 9.17) is 14.3 Å². The average Bonchev–Trinajstić information content (AvgIpc) is 3.19. The fourth-order valence-corrected chi connectivity index (χ4v) is 2.10. The van der Waals surface area contributed by atoms with Crippen LogP contribution in [0.4, 0.5) is 0 Å². The topological polar surface area (TPSA) is 59.4 Å². The van der Waals surface area contributed by atoms with Gasteiger partial charge < -0.3 is 19.3 Å². The van der Waals surface area contributed by atoms with E-state index in [2.05, 4.69) is 57.3 Å². The summed E-state index contributed by atoms with van der Waals surface area (Å²) in [5.74, 6) is 0. The lowest BCUT2D eigenvalue weighted by Crippen LogP contribution is -2.36. The van der Waals surface area contributed by atoms with E-state index in [0.29, 0.717) is 0 Å². The average molecular weight is 303 g/mol. The Morgan fingerprint density at radius 1 is 0.905 bits per heavy atom. The van der Waals surface area contributed by atoms with Crippen LogP contribution in [0.25, 0.3) is 0 Å². The highest BCUT2D eigenvalue weighted by Crippen LogP contribution is 2.29. The summed E-state index contributed by atoms with van der Waals surface area (Å²) in [7, 11) is 8.27. The maximum atomic E-state index is 5.99. The summed E-state index contributed by atoms with van der Waals surface area (Å²) in [5, 5.41) is 0. The van der Waals surface area contributed by atoms with Crippen LogP contribution in [0.2, 0.25) is 0 Å². The van der Waals surface area contributed by atoms with Crippen LogP contribution in [0.3, 0.4) is 0 Å². The van der Waals surface area contributed by atoms with Crippen LogP contribution < -0.4 is 5.48 Å². The minimum absolute atomic E-state index is 0.133. The number of rotatable bonds is 12. The summed E-state index contributed by atoms with van der Waals surface area (Å²) in [6.07, 6.45) is 3.07. The van der Waals surface area contributed by atoms with Gasteiger partial charge in [-0.3, -0.25) is 0 Å². The van der Waals surface area contributed by atoms with E-state index >= 15 is 0 Å². The number of ether oxygens (including phenoxy) is 2. The number of hydroxylamine groups is 1. The zero-order chi connectivity index (χ0) is 15.9. The molecule has 0 saturated carbocycles. The Balaban J connectivity index is 2.40. The maximum Gasteiger partial charge on any atom is 0.390 e. The SMILES string of the molecule is CCC(CCN(C)C)OC1(OC(CC)CCN(C)C)NO1. The lowest BCUT2D eigenvalue weighted by atomic mass is 10.2. The highest BCUT2D eigenvalue weighted by Gasteiger charge is 2.52. The van der Waals surface area contributed by atoms with Crippen molar-refractivity contribution in [2.24, 2.45) is 0 Å². The second-order valence-corrected chi connectivity index (χ2v) is 6.24. The number of hydrogen-bond acceptors (Lipinski definition) is 6. The first kappa shape index (κ1) is 18.8. The molecular formula is C15H33N3O3. The van der Waals surface area contributed by atoms with Crippen LogP contribution in [0.15, 0.2) is 0 Å². The lowest BCUT2D eigenvalue weighted by molar-refractivity contribution is -0.273. The minimum Gasteiger partial charge on any atom is -0.309 e. The second kappa shape index (κ2) is 9.02. The van der Waals surface area contributed by atoms with E-state index in [9.17, 15) is 0 Å². The van der Waals surface area contributed by atoms with Crippen molar-refractivity contribution in [1.82, 2.24) is 15.3 Å². The first-order valence-corrected chi connectivity index (χ1v) is 8.01. The van der Waals surface area contributed by atoms with Gasteiger partial charge in [0.05, 0.1) is 12.2 Å². The third-order valence-electron chi connectivity index (χ3n) is 3.62. The molecule has 1 fully saturated rings. The van der Waals surface area contributed by atoms with Crippen molar-refractivity contribution in [2.75, 3.05) is 41.3 Å². The molecule has 0 aromatic carbocycles. The molecule has 6 nitrogen and oxygen atoms in total. The molecule has 0 radical (unpaired) electrons. The van der Waals surface area contributed by atoms with Crippen LogP contribution in [-0.2, 0) is 14.3 Å². The Hall–Kier alpha value is -0.240. The standard InChI is InChI=1S/C15H33N3O3/c1-7-13(9-11-17(3)4)19-15(16-21-15)20-14(8-2)10-12-18(5)6/h13-14,16H,7-12H2,1-6H3. The first-order chi connectivity index (χ1) is 9.90. The van der Waals surface area contributed by atoms with Gasteiger partial charge >= 0.3 is 6.10 Å². The molecule has 0 amide bonds. The Morgan fingerprint density at radius 3 is 1.52 bits per heavy atom. The first-order valence-electron chi connectivity index (χ1n) is 8.01. The monoisotopic (exact) mass is 303 g/mol. The van der Waals surface area contributed by atoms with E-state index in [-0.39, 0.29) is 12.2 Å². The zero-order valence-electron chi connectivity index (χ0n) is 14.5. The van der Waals surface area contributed by atoms with E-state index < -0.39 is 6.10 Å². The van der Waals surface area contributed by atoms with Gasteiger partial charge in [0, 0.05) is 0 Å². The summed E-state index contributed by atoms with van der Waals surface area (Å²) in [4.78, 5) is 9.57. The Kier molecular flexibility index (Phi) is 8.08. The zero-order valence-corrected chi connectivity index (χ0v) is 14.5. The van der Waals surface area contributed by atoms with E-state index in [1.165, 1.54) is 0 Å². The van der Waals surface area contributed by atoms with Crippen LogP contribution >= 0.6 is 0 Å². The minimum atomic E-state index is -1.01. The molecule has 0 aromatic rings. The number of hydrogen-bond donors (Lipinski definition) is 1. The fourth-order valence-electron chi connectivity index (χ4n) is 2.10. The Labute approximate surface area is 129 Å². The molecule has 1 saturated heterocycles. The summed E-state index contributed by atoms with van der Waals surface area (Å²) in [5.41, 5.74) is 2.78. The predicted molar refractivity (Wildman–Crippen MR) is 83.6 cm³/mol. The third kappa shape index (κ3) is 7.54. The van der Waals surface area contributed by atoms with Gasteiger partial charge in [-0.15, -0.1) is 5.48 Å². The van der Waals surface area contributed by atoms with Gasteiger partial charge in [-0.1, -0.05) is 13.8 Å². The van der Waals surface area contributed by atoms with Gasteiger partial charge in [0.2, 0.25) is 0 Å². The normalized spacial score (nSPS) is 24.6. The molecule has 1 aliphatic rings. The molecule has 2 atom stereocenters. The summed E-state index contributed by atoms with van der Waals surface area (Å²) < 4.78 is 12.0. The summed E-state index contributed by atoms with van der Waals surface area (Å²) >= 11 is 0. The van der Waals surface area contributed by atoms with Crippen molar-refractivity contribution >= 4 is 0 Å². The van der Waals surface area contributed by atoms with Crippen molar-refractivity contribution in [2.45, 2.75) is 57.8 Å². The van der Waals surface area contributed by atoms with Crippen molar-refractivity contribution in [3.63, 3.8) is 0 Å². The molecule has 21 heavy (non-hydrogen) atoms. The molecular weight excluding hydrogens is 270 g/mol. The molecule has 2 unspecified atom stereocenters. The number of nitrogens with zero attached hydrogens (tertiary/aromatic N) is 2. The smallest absolute Gasteiger partial charge is 0.309 e. The molecule has 0 bridgehead atoms. The molecule has 1 heterocycles. The molecule has 1 N–H and O–H groups in total. The summed E-state index contributed by atoms with van der Waals surface area (Å²) in [6, 6.07) is 0. The molecule has 126 valence electrons. The summed E-state index contributed by atoms with van der Waals surface area (Å²) in [6.45, 7) is 6.23. The molecule has 6 heteroatoms. The van der Waals surface area contributed by atoms with Gasteiger partial charge in [-0.25, -0.2) is 4.84 Å². The second-order valence-electron chi connectivity index (χ2n) is 6.24. The highest BCUT2D eigenvalue weighted by atomic mass is 17.1. The third-order valence-corrected chi connectivity index (χ3v) is 3.62. The fraction of sp³-hybridized carbons (Fsp3) is 1.00. The Bertz CT molecular complexity index is 259. The van der Waals surface area contributed by atoms with Gasteiger partial charge in [-0.2, -0.15) is 0 Å². The largest absolute Gasteiger partial charge is 0.390 e. The van der Waals surface area contributed by atoms with Crippen molar-refractivity contribution in [3.8, 4) is 0 Å². The van der Waals surface area contributed by atoms with Gasteiger partial charge in [-0.05, 0) is 67.0 Å². The maximum absolute atomic E-state index is 5.99. The van der Waals surface area contributed by atoms with Crippen LogP contribution in [-0.4, -0.2) is 69.4 Å². The van der Waals surface area contributed by atoms with E-state index in [1.54, 1.807) is 0 Å². The highest BCUT2D eigenvalue weighted by molar-refractivity contribution is 4.69. The molecule has 0 spiro atoms. The lowest BCUT2D eigenvalue weighted by Gasteiger charge is -2.25. The molecule has 1 rings (SSSR count). The molecule has 0 aliphatic carbocycles. The van der Waals surface area contributed by atoms with E-state index in [1.807, 2.05) is 0 Å². The van der Waals surface area contributed by atoms with Crippen molar-refractivity contribution in [3.05, 3.63) is 0 Å². The van der Waals surface area contributed by atoms with Crippen LogP contribution in [0.1, 0.15) is 39.5 Å². The molecule has 1 aliphatic heterocycles. The number of nitrogens with one attached hydrogen (secondary N) is 1. The van der Waals surface area contributed by atoms with Crippen molar-refractivity contribution < 1.29 is 14.3 Å². The van der Waals surface area contributed by atoms with Gasteiger partial charge in [0.1, 0.15) is 0 Å². The van der Waals surface area contributed by atoms with Crippen LogP contribution in [0, 0.1) is 0 Å². The van der Waals surface area contributed by atoms with Gasteiger partial charge in [0.15, 0.2) is 0 Å². The predicted octanol–water partition coefficient (Wildman–Crippen LogP) is 1.63. The van der Waals surface area contributed by atoms with Gasteiger partial charge in [0.25, 0.3) is 0 Å². The van der Waals surface area contributed by atoms with Crippen molar-refractivity contribution in [1.29, 1.82) is 0 Å². The quantitative estimate of drug-likeness (QED) is 0.437. The van der Waals surface area contributed by atoms with Crippen LogP contribution in [0.5, 0.6) is 0 Å². The molecule has 0 aromatic heterocycles. The Morgan fingerprint density at radius 2 is 1.29 bits per heavy atom.